The van der Waals surface area contributed by atoms with Crippen LogP contribution in [0.2, 0.25) is 0 Å². The molecule has 3 amide bonds. The summed E-state index contributed by atoms with van der Waals surface area (Å²) in [7, 11) is 2.88. The van der Waals surface area contributed by atoms with Crippen molar-refractivity contribution in [1.29, 1.82) is 0 Å². The standard InChI is InChI=1S/C23H22N2O6S/c1-30-17-9-7-15(11-18-21(27)24-23(29)32-18)16-8-10-19(26)25(20(16)17)12-13-3-5-14(6-4-13)22(28)31-2/h3-7,9,18H,8,10-12H2,1-2H3,(H,24,27,29). The number of methoxy groups -OCH3 is 2. The quantitative estimate of drug-likeness (QED) is 0.670. The van der Waals surface area contributed by atoms with Gasteiger partial charge in [-0.2, -0.15) is 0 Å². The van der Waals surface area contributed by atoms with E-state index in [1.165, 1.54) is 7.11 Å². The molecule has 8 nitrogen and oxygen atoms in total. The van der Waals surface area contributed by atoms with Crippen molar-refractivity contribution in [2.45, 2.75) is 31.1 Å². The molecule has 2 aliphatic rings. The fourth-order valence-corrected chi connectivity index (χ4v) is 4.87. The van der Waals surface area contributed by atoms with Crippen LogP contribution < -0.4 is 15.0 Å². The van der Waals surface area contributed by atoms with E-state index in [0.717, 1.165) is 28.5 Å². The molecule has 0 aliphatic carbocycles. The SMILES string of the molecule is COC(=O)c1ccc(CN2C(=O)CCc3c(CC4SC(=O)NC4=O)ccc(OC)c32)cc1. The monoisotopic (exact) mass is 454 g/mol. The van der Waals surface area contributed by atoms with Gasteiger partial charge in [0.05, 0.1) is 37.3 Å². The third kappa shape index (κ3) is 4.20. The zero-order chi connectivity index (χ0) is 22.8. The van der Waals surface area contributed by atoms with Crippen molar-refractivity contribution in [2.75, 3.05) is 19.1 Å². The zero-order valence-electron chi connectivity index (χ0n) is 17.7. The van der Waals surface area contributed by atoms with Gasteiger partial charge in [-0.05, 0) is 47.7 Å². The topological polar surface area (TPSA) is 102 Å². The Balaban J connectivity index is 1.66. The van der Waals surface area contributed by atoms with Gasteiger partial charge in [-0.1, -0.05) is 30.0 Å². The predicted octanol–water partition coefficient (Wildman–Crippen LogP) is 2.86. The number of hydrogen-bond acceptors (Lipinski definition) is 7. The normalized spacial score (nSPS) is 17.8. The van der Waals surface area contributed by atoms with E-state index in [4.69, 9.17) is 9.47 Å². The Labute approximate surface area is 189 Å². The zero-order valence-corrected chi connectivity index (χ0v) is 18.5. The molecule has 2 aliphatic heterocycles. The molecule has 166 valence electrons. The smallest absolute Gasteiger partial charge is 0.337 e. The lowest BCUT2D eigenvalue weighted by Crippen LogP contribution is -2.35. The van der Waals surface area contributed by atoms with E-state index in [1.807, 2.05) is 6.07 Å². The summed E-state index contributed by atoms with van der Waals surface area (Å²) < 4.78 is 10.3. The van der Waals surface area contributed by atoms with Gasteiger partial charge in [0.2, 0.25) is 11.8 Å². The second-order valence-electron chi connectivity index (χ2n) is 7.51. The first-order chi connectivity index (χ1) is 15.4. The molecule has 2 aromatic rings. The Morgan fingerprint density at radius 2 is 1.84 bits per heavy atom. The number of imide groups is 1. The first kappa shape index (κ1) is 21.9. The minimum absolute atomic E-state index is 0.0341. The second-order valence-corrected chi connectivity index (χ2v) is 8.69. The molecule has 0 saturated carbocycles. The molecule has 2 heterocycles. The number of fused-ring (bicyclic) bond motifs is 1. The van der Waals surface area contributed by atoms with E-state index >= 15 is 0 Å². The van der Waals surface area contributed by atoms with E-state index in [0.29, 0.717) is 42.8 Å². The van der Waals surface area contributed by atoms with Gasteiger partial charge in [0.15, 0.2) is 0 Å². The molecular formula is C23H22N2O6S. The maximum atomic E-state index is 12.9. The number of nitrogens with zero attached hydrogens (tertiary/aromatic N) is 1. The number of rotatable bonds is 6. The number of nitrogens with one attached hydrogen (secondary N) is 1. The summed E-state index contributed by atoms with van der Waals surface area (Å²) in [6.07, 6.45) is 1.26. The Morgan fingerprint density at radius 3 is 2.47 bits per heavy atom. The summed E-state index contributed by atoms with van der Waals surface area (Å²) in [6.45, 7) is 0.310. The lowest BCUT2D eigenvalue weighted by atomic mass is 9.92. The summed E-state index contributed by atoms with van der Waals surface area (Å²) >= 11 is 0.989. The van der Waals surface area contributed by atoms with Gasteiger partial charge in [-0.25, -0.2) is 4.79 Å². The molecular weight excluding hydrogens is 432 g/mol. The molecule has 1 atom stereocenters. The van der Waals surface area contributed by atoms with Crippen LogP contribution in [0, 0.1) is 0 Å². The molecule has 2 aromatic carbocycles. The number of ether oxygens (including phenoxy) is 2. The molecule has 1 unspecified atom stereocenters. The van der Waals surface area contributed by atoms with Crippen molar-refractivity contribution in [2.24, 2.45) is 0 Å². The third-order valence-corrected chi connectivity index (χ3v) is 6.59. The van der Waals surface area contributed by atoms with E-state index < -0.39 is 11.2 Å². The van der Waals surface area contributed by atoms with Crippen LogP contribution in [0.25, 0.3) is 0 Å². The summed E-state index contributed by atoms with van der Waals surface area (Å²) in [5, 5.41) is 1.49. The van der Waals surface area contributed by atoms with E-state index in [9.17, 15) is 19.2 Å². The molecule has 9 heteroatoms. The highest BCUT2D eigenvalue weighted by atomic mass is 32.2. The van der Waals surface area contributed by atoms with E-state index in [-0.39, 0.29) is 17.1 Å². The van der Waals surface area contributed by atoms with Gasteiger partial charge in [0.1, 0.15) is 5.75 Å². The average molecular weight is 455 g/mol. The summed E-state index contributed by atoms with van der Waals surface area (Å²) in [5.41, 5.74) is 3.84. The Kier molecular flexibility index (Phi) is 6.18. The minimum Gasteiger partial charge on any atom is -0.495 e. The molecule has 4 rings (SSSR count). The van der Waals surface area contributed by atoms with Crippen LogP contribution >= 0.6 is 11.8 Å². The predicted molar refractivity (Wildman–Crippen MR) is 119 cm³/mol. The second kappa shape index (κ2) is 9.04. The van der Waals surface area contributed by atoms with Gasteiger partial charge in [-0.3, -0.25) is 19.7 Å². The Morgan fingerprint density at radius 1 is 1.09 bits per heavy atom. The Hall–Kier alpha value is -3.33. The minimum atomic E-state index is -0.489. The molecule has 0 spiro atoms. The van der Waals surface area contributed by atoms with Gasteiger partial charge >= 0.3 is 5.97 Å². The first-order valence-electron chi connectivity index (χ1n) is 10.1. The van der Waals surface area contributed by atoms with Gasteiger partial charge < -0.3 is 14.4 Å². The molecule has 32 heavy (non-hydrogen) atoms. The van der Waals surface area contributed by atoms with Gasteiger partial charge in [0.25, 0.3) is 5.24 Å². The fraction of sp³-hybridized carbons (Fsp3) is 0.304. The van der Waals surface area contributed by atoms with Crippen molar-refractivity contribution in [3.05, 3.63) is 58.7 Å². The lowest BCUT2D eigenvalue weighted by molar-refractivity contribution is -0.119. The number of esters is 1. The van der Waals surface area contributed by atoms with Gasteiger partial charge in [0, 0.05) is 6.42 Å². The van der Waals surface area contributed by atoms with Crippen molar-refractivity contribution in [3.63, 3.8) is 0 Å². The van der Waals surface area contributed by atoms with Crippen LogP contribution in [0.5, 0.6) is 5.75 Å². The van der Waals surface area contributed by atoms with E-state index in [2.05, 4.69) is 5.32 Å². The third-order valence-electron chi connectivity index (χ3n) is 5.61. The summed E-state index contributed by atoms with van der Waals surface area (Å²) in [5.74, 6) is -0.177. The molecule has 1 N–H and O–H groups in total. The highest BCUT2D eigenvalue weighted by Crippen LogP contribution is 2.41. The van der Waals surface area contributed by atoms with Crippen LogP contribution in [0.4, 0.5) is 10.5 Å². The highest BCUT2D eigenvalue weighted by molar-refractivity contribution is 8.15. The van der Waals surface area contributed by atoms with Crippen molar-refractivity contribution in [3.8, 4) is 5.75 Å². The number of hydrogen-bond donors (Lipinski definition) is 1. The van der Waals surface area contributed by atoms with E-state index in [1.54, 1.807) is 42.3 Å². The van der Waals surface area contributed by atoms with Crippen molar-refractivity contribution in [1.82, 2.24) is 5.32 Å². The van der Waals surface area contributed by atoms with Crippen LogP contribution in [-0.2, 0) is 33.7 Å². The molecule has 0 aromatic heterocycles. The summed E-state index contributed by atoms with van der Waals surface area (Å²) in [4.78, 5) is 49.9. The largest absolute Gasteiger partial charge is 0.495 e. The average Bonchev–Trinajstić information content (AvgIpc) is 3.12. The van der Waals surface area contributed by atoms with Crippen LogP contribution in [0.15, 0.2) is 36.4 Å². The molecule has 1 saturated heterocycles. The molecule has 0 radical (unpaired) electrons. The van der Waals surface area contributed by atoms with Crippen molar-refractivity contribution >= 4 is 40.5 Å². The lowest BCUT2D eigenvalue weighted by Gasteiger charge is -2.32. The number of carbonyl (C=O) groups is 4. The number of thioether (sulfide) groups is 1. The highest BCUT2D eigenvalue weighted by Gasteiger charge is 2.34. The molecule has 0 bridgehead atoms. The number of amides is 3. The number of anilines is 1. The molecule has 1 fully saturated rings. The first-order valence-corrected chi connectivity index (χ1v) is 11.0. The maximum Gasteiger partial charge on any atom is 0.337 e. The Bertz CT molecular complexity index is 1100. The van der Waals surface area contributed by atoms with Gasteiger partial charge in [-0.15, -0.1) is 0 Å². The fourth-order valence-electron chi connectivity index (χ4n) is 4.02. The number of benzene rings is 2. The van der Waals surface area contributed by atoms with Crippen LogP contribution in [0.3, 0.4) is 0 Å². The van der Waals surface area contributed by atoms with Crippen molar-refractivity contribution < 1.29 is 28.7 Å². The van der Waals surface area contributed by atoms with Crippen LogP contribution in [-0.4, -0.2) is 42.5 Å². The van der Waals surface area contributed by atoms with Crippen LogP contribution in [0.1, 0.15) is 33.5 Å². The maximum absolute atomic E-state index is 12.9. The number of carbonyl (C=O) groups excluding carboxylic acids is 4. The summed E-state index contributed by atoms with van der Waals surface area (Å²) in [6, 6.07) is 10.6.